The van der Waals surface area contributed by atoms with Crippen LogP contribution in [0, 0.1) is 0 Å². The summed E-state index contributed by atoms with van der Waals surface area (Å²) in [5, 5.41) is 0. The van der Waals surface area contributed by atoms with E-state index in [0.29, 0.717) is 6.61 Å². The van der Waals surface area contributed by atoms with Gasteiger partial charge in [-0.1, -0.05) is 64.7 Å². The molecule has 0 aliphatic rings. The maximum atomic E-state index is 11.0. The van der Waals surface area contributed by atoms with Crippen molar-refractivity contribution in [1.29, 1.82) is 0 Å². The summed E-state index contributed by atoms with van der Waals surface area (Å²) in [4.78, 5) is 11.0. The molecular formula is C16H30O3. The average Bonchev–Trinajstić information content (AvgIpc) is 2.43. The molecular weight excluding hydrogens is 240 g/mol. The number of carbonyl (C=O) groups excluding carboxylic acids is 1. The van der Waals surface area contributed by atoms with Gasteiger partial charge in [-0.25, -0.2) is 4.79 Å². The van der Waals surface area contributed by atoms with Crippen LogP contribution in [0.25, 0.3) is 0 Å². The van der Waals surface area contributed by atoms with Gasteiger partial charge in [0.1, 0.15) is 0 Å². The molecule has 0 heterocycles. The van der Waals surface area contributed by atoms with E-state index in [4.69, 9.17) is 4.74 Å². The van der Waals surface area contributed by atoms with Crippen LogP contribution in [0.2, 0.25) is 0 Å². The molecule has 0 aliphatic carbocycles. The Hall–Kier alpha value is -0.990. The fraction of sp³-hybridized carbons (Fsp3) is 0.812. The second kappa shape index (κ2) is 13.4. The molecule has 19 heavy (non-hydrogen) atoms. The van der Waals surface area contributed by atoms with Crippen LogP contribution in [0.1, 0.15) is 71.1 Å². The third-order valence-electron chi connectivity index (χ3n) is 3.19. The first-order valence-electron chi connectivity index (χ1n) is 7.62. The van der Waals surface area contributed by atoms with Gasteiger partial charge in [-0.15, -0.1) is 0 Å². The molecule has 0 amide bonds. The lowest BCUT2D eigenvalue weighted by Gasteiger charge is -2.06. The van der Waals surface area contributed by atoms with E-state index in [-0.39, 0.29) is 5.76 Å². The Labute approximate surface area is 118 Å². The zero-order valence-corrected chi connectivity index (χ0v) is 12.7. The van der Waals surface area contributed by atoms with Crippen molar-refractivity contribution in [3.8, 4) is 0 Å². The minimum atomic E-state index is -0.480. The topological polar surface area (TPSA) is 35.5 Å². The lowest BCUT2D eigenvalue weighted by molar-refractivity contribution is -0.140. The van der Waals surface area contributed by atoms with Crippen molar-refractivity contribution < 1.29 is 14.3 Å². The van der Waals surface area contributed by atoms with Gasteiger partial charge in [0.25, 0.3) is 0 Å². The lowest BCUT2D eigenvalue weighted by Crippen LogP contribution is -2.07. The van der Waals surface area contributed by atoms with Crippen LogP contribution in [0.15, 0.2) is 12.3 Å². The summed E-state index contributed by atoms with van der Waals surface area (Å²) in [6, 6.07) is 0. The van der Waals surface area contributed by atoms with E-state index < -0.39 is 5.97 Å². The molecule has 0 radical (unpaired) electrons. The summed E-state index contributed by atoms with van der Waals surface area (Å²) in [7, 11) is 1.33. The fourth-order valence-electron chi connectivity index (χ4n) is 1.96. The second-order valence-electron chi connectivity index (χ2n) is 4.95. The zero-order chi connectivity index (χ0) is 14.3. The second-order valence-corrected chi connectivity index (χ2v) is 4.95. The van der Waals surface area contributed by atoms with Crippen LogP contribution in [-0.2, 0) is 14.3 Å². The number of unbranched alkanes of at least 4 members (excludes halogenated alkanes) is 9. The molecule has 0 aromatic carbocycles. The van der Waals surface area contributed by atoms with Crippen LogP contribution < -0.4 is 0 Å². The van der Waals surface area contributed by atoms with Crippen molar-refractivity contribution in [1.82, 2.24) is 0 Å². The SMILES string of the molecule is C=C(OCCCCCCCCCCCC)C(=O)OC. The molecule has 0 N–H and O–H groups in total. The van der Waals surface area contributed by atoms with E-state index in [2.05, 4.69) is 18.2 Å². The Balaban J connectivity index is 3.15. The molecule has 0 saturated carbocycles. The molecule has 0 rings (SSSR count). The minimum absolute atomic E-state index is 0.110. The Bertz CT molecular complexity index is 236. The van der Waals surface area contributed by atoms with Crippen molar-refractivity contribution in [2.75, 3.05) is 13.7 Å². The van der Waals surface area contributed by atoms with Gasteiger partial charge >= 0.3 is 5.97 Å². The van der Waals surface area contributed by atoms with Gasteiger partial charge in [0.15, 0.2) is 5.76 Å². The molecule has 112 valence electrons. The monoisotopic (exact) mass is 270 g/mol. The smallest absolute Gasteiger partial charge is 0.372 e. The Morgan fingerprint density at radius 2 is 1.37 bits per heavy atom. The number of esters is 1. The van der Waals surface area contributed by atoms with Crippen LogP contribution >= 0.6 is 0 Å². The Kier molecular flexibility index (Phi) is 12.7. The summed E-state index contributed by atoms with van der Waals surface area (Å²) in [5.74, 6) is -0.370. The zero-order valence-electron chi connectivity index (χ0n) is 12.7. The summed E-state index contributed by atoms with van der Waals surface area (Å²) < 4.78 is 9.70. The highest BCUT2D eigenvalue weighted by molar-refractivity contribution is 5.85. The van der Waals surface area contributed by atoms with Crippen LogP contribution in [0.3, 0.4) is 0 Å². The minimum Gasteiger partial charge on any atom is -0.487 e. The molecule has 0 saturated heterocycles. The first-order valence-corrected chi connectivity index (χ1v) is 7.62. The third kappa shape index (κ3) is 11.8. The maximum absolute atomic E-state index is 11.0. The van der Waals surface area contributed by atoms with E-state index >= 15 is 0 Å². The molecule has 0 unspecified atom stereocenters. The molecule has 0 aromatic heterocycles. The molecule has 0 atom stereocenters. The largest absolute Gasteiger partial charge is 0.487 e. The van der Waals surface area contributed by atoms with E-state index in [1.54, 1.807) is 0 Å². The predicted octanol–water partition coefficient (Wildman–Crippen LogP) is 4.61. The molecule has 0 fully saturated rings. The number of ether oxygens (including phenoxy) is 2. The van der Waals surface area contributed by atoms with Gasteiger partial charge in [-0.3, -0.25) is 0 Å². The number of carbonyl (C=O) groups is 1. The van der Waals surface area contributed by atoms with Crippen LogP contribution in [0.5, 0.6) is 0 Å². The van der Waals surface area contributed by atoms with Gasteiger partial charge < -0.3 is 9.47 Å². The fourth-order valence-corrected chi connectivity index (χ4v) is 1.96. The van der Waals surface area contributed by atoms with Gasteiger partial charge in [0.2, 0.25) is 0 Å². The van der Waals surface area contributed by atoms with Gasteiger partial charge in [-0.05, 0) is 13.0 Å². The lowest BCUT2D eigenvalue weighted by atomic mass is 10.1. The van der Waals surface area contributed by atoms with Crippen molar-refractivity contribution >= 4 is 5.97 Å². The summed E-state index contributed by atoms with van der Waals surface area (Å²) in [6.45, 7) is 6.32. The first kappa shape index (κ1) is 18.0. The first-order chi connectivity index (χ1) is 9.22. The van der Waals surface area contributed by atoms with E-state index in [1.165, 1.54) is 58.5 Å². The van der Waals surface area contributed by atoms with Gasteiger partial charge in [0.05, 0.1) is 13.7 Å². The highest BCUT2D eigenvalue weighted by Gasteiger charge is 2.06. The molecule has 0 aromatic rings. The summed E-state index contributed by atoms with van der Waals surface area (Å²) in [6.07, 6.45) is 12.9. The summed E-state index contributed by atoms with van der Waals surface area (Å²) >= 11 is 0. The quantitative estimate of drug-likeness (QED) is 0.212. The van der Waals surface area contributed by atoms with E-state index in [1.807, 2.05) is 0 Å². The number of rotatable bonds is 13. The third-order valence-corrected chi connectivity index (χ3v) is 3.19. The van der Waals surface area contributed by atoms with Crippen molar-refractivity contribution in [3.05, 3.63) is 12.3 Å². The highest BCUT2D eigenvalue weighted by atomic mass is 16.6. The van der Waals surface area contributed by atoms with E-state index in [0.717, 1.165) is 12.8 Å². The predicted molar refractivity (Wildman–Crippen MR) is 79.0 cm³/mol. The van der Waals surface area contributed by atoms with Crippen LogP contribution in [-0.4, -0.2) is 19.7 Å². The van der Waals surface area contributed by atoms with Crippen molar-refractivity contribution in [2.24, 2.45) is 0 Å². The van der Waals surface area contributed by atoms with Gasteiger partial charge in [-0.2, -0.15) is 0 Å². The Morgan fingerprint density at radius 3 is 1.84 bits per heavy atom. The molecule has 0 bridgehead atoms. The highest BCUT2D eigenvalue weighted by Crippen LogP contribution is 2.10. The number of methoxy groups -OCH3 is 1. The Morgan fingerprint density at radius 1 is 0.895 bits per heavy atom. The summed E-state index contributed by atoms with van der Waals surface area (Å²) in [5.41, 5.74) is 0. The van der Waals surface area contributed by atoms with E-state index in [9.17, 15) is 4.79 Å². The average molecular weight is 270 g/mol. The molecule has 0 aliphatic heterocycles. The molecule has 3 heteroatoms. The van der Waals surface area contributed by atoms with Crippen molar-refractivity contribution in [3.63, 3.8) is 0 Å². The van der Waals surface area contributed by atoms with Crippen molar-refractivity contribution in [2.45, 2.75) is 71.1 Å². The maximum Gasteiger partial charge on any atom is 0.372 e. The molecule has 3 nitrogen and oxygen atoms in total. The standard InChI is InChI=1S/C16H30O3/c1-4-5-6-7-8-9-10-11-12-13-14-19-15(2)16(17)18-3/h2,4-14H2,1,3H3. The molecule has 0 spiro atoms. The van der Waals surface area contributed by atoms with Gasteiger partial charge in [0, 0.05) is 0 Å². The normalized spacial score (nSPS) is 10.2. The number of hydrogen-bond donors (Lipinski definition) is 0. The number of hydrogen-bond acceptors (Lipinski definition) is 3. The van der Waals surface area contributed by atoms with Crippen LogP contribution in [0.4, 0.5) is 0 Å².